The minimum Gasteiger partial charge on any atom is -0.339 e. The normalized spacial score (nSPS) is 11.5. The van der Waals surface area contributed by atoms with E-state index in [0.717, 1.165) is 5.56 Å². The number of rotatable bonds is 3. The molecule has 0 spiro atoms. The van der Waals surface area contributed by atoms with Gasteiger partial charge in [0.2, 0.25) is 11.7 Å². The maximum absolute atomic E-state index is 11.8. The molecular weight excluding hydrogens is 230 g/mol. The Hall–Kier alpha value is -2.04. The maximum atomic E-state index is 11.8. The van der Waals surface area contributed by atoms with Crippen molar-refractivity contribution in [2.24, 2.45) is 5.41 Å². The molecule has 0 saturated carbocycles. The zero-order valence-electron chi connectivity index (χ0n) is 10.7. The van der Waals surface area contributed by atoms with Crippen LogP contribution in [0.4, 0.5) is 0 Å². The number of hydrogen-bond acceptors (Lipinski definition) is 5. The molecule has 0 aromatic carbocycles. The Bertz CT molecular complexity index is 541. The fourth-order valence-electron chi connectivity index (χ4n) is 1.35. The molecule has 94 valence electrons. The van der Waals surface area contributed by atoms with E-state index in [2.05, 4.69) is 15.1 Å². The van der Waals surface area contributed by atoms with E-state index in [1.807, 2.05) is 20.8 Å². The van der Waals surface area contributed by atoms with Crippen molar-refractivity contribution in [3.8, 4) is 11.4 Å². The Kier molecular flexibility index (Phi) is 3.23. The monoisotopic (exact) mass is 245 g/mol. The second kappa shape index (κ2) is 4.68. The standard InChI is InChI=1S/C13H15N3O2/c1-13(2,3)10(17)8-11-15-12(16-18-11)9-4-6-14-7-5-9/h4-7H,8H2,1-3H3. The fourth-order valence-corrected chi connectivity index (χ4v) is 1.35. The van der Waals surface area contributed by atoms with Gasteiger partial charge in [-0.25, -0.2) is 0 Å². The summed E-state index contributed by atoms with van der Waals surface area (Å²) >= 11 is 0. The molecule has 0 atom stereocenters. The Morgan fingerprint density at radius 3 is 2.56 bits per heavy atom. The quantitative estimate of drug-likeness (QED) is 0.829. The number of carbonyl (C=O) groups excluding carboxylic acids is 1. The van der Waals surface area contributed by atoms with Crippen LogP contribution < -0.4 is 0 Å². The predicted molar refractivity (Wildman–Crippen MR) is 65.7 cm³/mol. The van der Waals surface area contributed by atoms with Gasteiger partial charge in [0.25, 0.3) is 0 Å². The molecule has 0 aliphatic heterocycles. The van der Waals surface area contributed by atoms with Crippen molar-refractivity contribution in [3.05, 3.63) is 30.4 Å². The summed E-state index contributed by atoms with van der Waals surface area (Å²) in [4.78, 5) is 20.0. The van der Waals surface area contributed by atoms with E-state index in [9.17, 15) is 4.79 Å². The van der Waals surface area contributed by atoms with Gasteiger partial charge < -0.3 is 4.52 Å². The number of hydrogen-bond donors (Lipinski definition) is 0. The first kappa shape index (κ1) is 12.4. The maximum Gasteiger partial charge on any atom is 0.234 e. The number of ketones is 1. The van der Waals surface area contributed by atoms with Crippen molar-refractivity contribution in [2.45, 2.75) is 27.2 Å². The van der Waals surface area contributed by atoms with Gasteiger partial charge >= 0.3 is 0 Å². The van der Waals surface area contributed by atoms with E-state index < -0.39 is 5.41 Å². The van der Waals surface area contributed by atoms with E-state index in [-0.39, 0.29) is 12.2 Å². The second-order valence-electron chi connectivity index (χ2n) is 5.10. The van der Waals surface area contributed by atoms with Crippen molar-refractivity contribution in [1.82, 2.24) is 15.1 Å². The third-order valence-electron chi connectivity index (χ3n) is 2.55. The van der Waals surface area contributed by atoms with Crippen LogP contribution in [-0.4, -0.2) is 20.9 Å². The summed E-state index contributed by atoms with van der Waals surface area (Å²) in [5, 5.41) is 3.86. The fraction of sp³-hybridized carbons (Fsp3) is 0.385. The molecule has 2 aromatic heterocycles. The highest BCUT2D eigenvalue weighted by atomic mass is 16.5. The summed E-state index contributed by atoms with van der Waals surface area (Å²) in [5.41, 5.74) is 0.425. The SMILES string of the molecule is CC(C)(C)C(=O)Cc1nc(-c2ccncc2)no1. The number of aromatic nitrogens is 3. The van der Waals surface area contributed by atoms with Gasteiger partial charge in [0.05, 0.1) is 6.42 Å². The minimum atomic E-state index is -0.398. The second-order valence-corrected chi connectivity index (χ2v) is 5.10. The van der Waals surface area contributed by atoms with E-state index in [1.54, 1.807) is 24.5 Å². The highest BCUT2D eigenvalue weighted by molar-refractivity contribution is 5.85. The molecule has 2 heterocycles. The molecule has 2 aromatic rings. The van der Waals surface area contributed by atoms with Crippen LogP contribution in [0.3, 0.4) is 0 Å². The highest BCUT2D eigenvalue weighted by Gasteiger charge is 2.23. The van der Waals surface area contributed by atoms with Crippen molar-refractivity contribution in [2.75, 3.05) is 0 Å². The van der Waals surface area contributed by atoms with Crippen molar-refractivity contribution in [3.63, 3.8) is 0 Å². The van der Waals surface area contributed by atoms with Crippen LogP contribution in [0.1, 0.15) is 26.7 Å². The molecule has 0 saturated heterocycles. The predicted octanol–water partition coefficient (Wildman–Crippen LogP) is 2.29. The van der Waals surface area contributed by atoms with Crippen molar-refractivity contribution in [1.29, 1.82) is 0 Å². The zero-order valence-corrected chi connectivity index (χ0v) is 10.7. The van der Waals surface area contributed by atoms with Gasteiger partial charge in [-0.05, 0) is 12.1 Å². The topological polar surface area (TPSA) is 68.9 Å². The zero-order chi connectivity index (χ0) is 13.2. The summed E-state index contributed by atoms with van der Waals surface area (Å²) in [6.45, 7) is 5.61. The van der Waals surface area contributed by atoms with Gasteiger partial charge in [-0.2, -0.15) is 4.98 Å². The molecule has 0 aliphatic carbocycles. The van der Waals surface area contributed by atoms with Gasteiger partial charge in [-0.1, -0.05) is 25.9 Å². The van der Waals surface area contributed by atoms with E-state index in [4.69, 9.17) is 4.52 Å². The molecule has 5 heteroatoms. The Balaban J connectivity index is 2.15. The highest BCUT2D eigenvalue weighted by Crippen LogP contribution is 2.19. The summed E-state index contributed by atoms with van der Waals surface area (Å²) in [6.07, 6.45) is 3.49. The first-order valence-corrected chi connectivity index (χ1v) is 5.73. The van der Waals surface area contributed by atoms with Crippen LogP contribution in [0.5, 0.6) is 0 Å². The average Bonchev–Trinajstić information content (AvgIpc) is 2.77. The Morgan fingerprint density at radius 2 is 1.94 bits per heavy atom. The van der Waals surface area contributed by atoms with Gasteiger partial charge in [0, 0.05) is 23.4 Å². The van der Waals surface area contributed by atoms with Crippen LogP contribution in [0.15, 0.2) is 29.0 Å². The Morgan fingerprint density at radius 1 is 1.28 bits per heavy atom. The number of Topliss-reactive ketones (excluding diaryl/α,β-unsaturated/α-hetero) is 1. The first-order valence-electron chi connectivity index (χ1n) is 5.73. The number of pyridine rings is 1. The smallest absolute Gasteiger partial charge is 0.234 e. The van der Waals surface area contributed by atoms with E-state index in [0.29, 0.717) is 11.7 Å². The van der Waals surface area contributed by atoms with Gasteiger partial charge in [0.15, 0.2) is 0 Å². The molecule has 0 bridgehead atoms. The average molecular weight is 245 g/mol. The molecule has 0 radical (unpaired) electrons. The van der Waals surface area contributed by atoms with Crippen molar-refractivity contribution < 1.29 is 9.32 Å². The molecule has 0 aliphatic rings. The largest absolute Gasteiger partial charge is 0.339 e. The molecule has 2 rings (SSSR count). The number of nitrogens with zero attached hydrogens (tertiary/aromatic N) is 3. The van der Waals surface area contributed by atoms with E-state index >= 15 is 0 Å². The molecule has 5 nitrogen and oxygen atoms in total. The van der Waals surface area contributed by atoms with E-state index in [1.165, 1.54) is 0 Å². The summed E-state index contributed by atoms with van der Waals surface area (Å²) in [6, 6.07) is 3.58. The van der Waals surface area contributed by atoms with Gasteiger partial charge in [-0.3, -0.25) is 9.78 Å². The lowest BCUT2D eigenvalue weighted by atomic mass is 9.89. The Labute approximate surface area is 105 Å². The molecule has 0 amide bonds. The van der Waals surface area contributed by atoms with Crippen LogP contribution in [-0.2, 0) is 11.2 Å². The third kappa shape index (κ3) is 2.80. The third-order valence-corrected chi connectivity index (χ3v) is 2.55. The minimum absolute atomic E-state index is 0.0763. The van der Waals surface area contributed by atoms with Crippen LogP contribution in [0.25, 0.3) is 11.4 Å². The van der Waals surface area contributed by atoms with Crippen molar-refractivity contribution >= 4 is 5.78 Å². The van der Waals surface area contributed by atoms with Crippen LogP contribution in [0.2, 0.25) is 0 Å². The molecule has 0 fully saturated rings. The van der Waals surface area contributed by atoms with Crippen LogP contribution >= 0.6 is 0 Å². The molecule has 0 N–H and O–H groups in total. The summed E-state index contributed by atoms with van der Waals surface area (Å²) in [5.74, 6) is 0.906. The van der Waals surface area contributed by atoms with Gasteiger partial charge in [0.1, 0.15) is 5.78 Å². The number of carbonyl (C=O) groups is 1. The lowest BCUT2D eigenvalue weighted by Crippen LogP contribution is -2.22. The first-order chi connectivity index (χ1) is 8.47. The summed E-state index contributed by atoms with van der Waals surface area (Å²) < 4.78 is 5.08. The van der Waals surface area contributed by atoms with Gasteiger partial charge in [-0.15, -0.1) is 0 Å². The lowest BCUT2D eigenvalue weighted by Gasteiger charge is -2.14. The molecule has 18 heavy (non-hydrogen) atoms. The lowest BCUT2D eigenvalue weighted by molar-refractivity contribution is -0.125. The molecular formula is C13H15N3O2. The molecule has 0 unspecified atom stereocenters. The summed E-state index contributed by atoms with van der Waals surface area (Å²) in [7, 11) is 0. The van der Waals surface area contributed by atoms with Crippen LogP contribution in [0, 0.1) is 5.41 Å².